The summed E-state index contributed by atoms with van der Waals surface area (Å²) in [6.45, 7) is 7.14. The number of carbonyl (C=O) groups is 1. The van der Waals surface area contributed by atoms with Gasteiger partial charge < -0.3 is 14.4 Å². The first-order valence-electron chi connectivity index (χ1n) is 8.63. The molecule has 27 heavy (non-hydrogen) atoms. The zero-order chi connectivity index (χ0) is 19.8. The number of hydrogen-bond acceptors (Lipinski definition) is 6. The monoisotopic (exact) mass is 383 g/mol. The van der Waals surface area contributed by atoms with Gasteiger partial charge in [0.15, 0.2) is 5.82 Å². The normalized spacial score (nSPS) is 14.2. The number of anilines is 1. The Morgan fingerprint density at radius 2 is 1.89 bits per heavy atom. The molecule has 1 amide bonds. The molecule has 1 aliphatic rings. The van der Waals surface area contributed by atoms with Crippen molar-refractivity contribution >= 4 is 11.9 Å². The number of fused-ring (bicyclic) bond motifs is 1. The van der Waals surface area contributed by atoms with Crippen LogP contribution in [0.1, 0.15) is 41.7 Å². The number of halogens is 3. The second-order valence-corrected chi connectivity index (χ2v) is 6.18. The first kappa shape index (κ1) is 19.1. The minimum absolute atomic E-state index is 0.0180. The van der Waals surface area contributed by atoms with Crippen LogP contribution in [-0.4, -0.2) is 55.2 Å². The Bertz CT molecular complexity index is 845. The van der Waals surface area contributed by atoms with Crippen molar-refractivity contribution in [2.75, 3.05) is 24.5 Å². The van der Waals surface area contributed by atoms with Crippen LogP contribution in [0.2, 0.25) is 0 Å². The Balaban J connectivity index is 1.85. The van der Waals surface area contributed by atoms with Gasteiger partial charge in [-0.2, -0.15) is 13.2 Å². The van der Waals surface area contributed by atoms with Crippen LogP contribution in [0.5, 0.6) is 0 Å². The van der Waals surface area contributed by atoms with E-state index in [1.807, 2.05) is 18.7 Å². The highest BCUT2D eigenvalue weighted by Crippen LogP contribution is 2.29. The van der Waals surface area contributed by atoms with Gasteiger partial charge in [-0.25, -0.2) is 9.97 Å². The number of carbonyl (C=O) groups excluding carboxylic acids is 1. The van der Waals surface area contributed by atoms with Crippen molar-refractivity contribution in [3.8, 4) is 0 Å². The second kappa shape index (κ2) is 7.12. The van der Waals surface area contributed by atoms with E-state index in [4.69, 9.17) is 0 Å². The van der Waals surface area contributed by atoms with E-state index in [0.29, 0.717) is 24.7 Å². The van der Waals surface area contributed by atoms with E-state index >= 15 is 0 Å². The summed E-state index contributed by atoms with van der Waals surface area (Å²) in [5.74, 6) is -0.831. The molecule has 0 N–H and O–H groups in total. The Hall–Kier alpha value is -2.72. The van der Waals surface area contributed by atoms with Crippen LogP contribution in [0.4, 0.5) is 19.1 Å². The molecule has 0 atom stereocenters. The van der Waals surface area contributed by atoms with Gasteiger partial charge in [-0.1, -0.05) is 0 Å². The van der Waals surface area contributed by atoms with Crippen LogP contribution in [0.25, 0.3) is 0 Å². The van der Waals surface area contributed by atoms with E-state index in [2.05, 4.69) is 20.2 Å². The van der Waals surface area contributed by atoms with Crippen LogP contribution in [0.15, 0.2) is 6.07 Å². The summed E-state index contributed by atoms with van der Waals surface area (Å²) in [6, 6.07) is 1.58. The Morgan fingerprint density at radius 1 is 1.19 bits per heavy atom. The highest BCUT2D eigenvalue weighted by molar-refractivity contribution is 5.92. The largest absolute Gasteiger partial charge is 0.451 e. The third kappa shape index (κ3) is 3.71. The quantitative estimate of drug-likeness (QED) is 0.802. The van der Waals surface area contributed by atoms with E-state index in [1.54, 1.807) is 13.0 Å². The molecule has 146 valence electrons. The molecule has 11 heteroatoms. The number of aryl methyl sites for hydroxylation is 1. The minimum Gasteiger partial charge on any atom is -0.341 e. The molecule has 3 heterocycles. The first-order chi connectivity index (χ1) is 12.7. The Morgan fingerprint density at radius 3 is 2.52 bits per heavy atom. The van der Waals surface area contributed by atoms with Gasteiger partial charge in [-0.3, -0.25) is 4.79 Å². The molecule has 0 aromatic carbocycles. The molecule has 0 fully saturated rings. The summed E-state index contributed by atoms with van der Waals surface area (Å²) in [4.78, 5) is 24.9. The Kier molecular flexibility index (Phi) is 5.03. The molecule has 2 aromatic heterocycles. The number of nitrogens with zero attached hydrogens (tertiary/aromatic N) is 7. The first-order valence-corrected chi connectivity index (χ1v) is 8.63. The van der Waals surface area contributed by atoms with Gasteiger partial charge >= 0.3 is 6.18 Å². The van der Waals surface area contributed by atoms with Gasteiger partial charge in [0.05, 0.1) is 6.54 Å². The van der Waals surface area contributed by atoms with Crippen LogP contribution in [0.3, 0.4) is 0 Å². The van der Waals surface area contributed by atoms with Gasteiger partial charge in [-0.15, -0.1) is 10.2 Å². The van der Waals surface area contributed by atoms with Crippen LogP contribution in [-0.2, 0) is 19.3 Å². The Labute approximate surface area is 154 Å². The van der Waals surface area contributed by atoms with Crippen molar-refractivity contribution in [2.45, 2.75) is 40.0 Å². The van der Waals surface area contributed by atoms with Crippen LogP contribution in [0, 0.1) is 6.92 Å². The lowest BCUT2D eigenvalue weighted by Crippen LogP contribution is -2.40. The molecule has 0 saturated carbocycles. The molecular weight excluding hydrogens is 363 g/mol. The molecule has 2 aromatic rings. The summed E-state index contributed by atoms with van der Waals surface area (Å²) in [7, 11) is 0. The number of hydrogen-bond donors (Lipinski definition) is 0. The average molecular weight is 383 g/mol. The van der Waals surface area contributed by atoms with Gasteiger partial charge in [0.1, 0.15) is 5.69 Å². The molecule has 0 radical (unpaired) electrons. The lowest BCUT2D eigenvalue weighted by Gasteiger charge is -2.28. The standard InChI is InChI=1S/C16H20F3N7O/c1-4-24(5-2)15-20-10(3)8-11(21-15)13(27)25-6-7-26-12(9-25)22-23-14(26)16(17,18)19/h8H,4-7,9H2,1-3H3. The fraction of sp³-hybridized carbons (Fsp3) is 0.562. The van der Waals surface area contributed by atoms with E-state index in [-0.39, 0.29) is 37.1 Å². The summed E-state index contributed by atoms with van der Waals surface area (Å²) in [6.07, 6.45) is -4.57. The van der Waals surface area contributed by atoms with Gasteiger partial charge in [0.2, 0.25) is 11.8 Å². The summed E-state index contributed by atoms with van der Waals surface area (Å²) < 4.78 is 39.8. The number of amides is 1. The van der Waals surface area contributed by atoms with E-state index < -0.39 is 12.0 Å². The highest BCUT2D eigenvalue weighted by Gasteiger charge is 2.40. The molecule has 3 rings (SSSR count). The maximum absolute atomic E-state index is 12.9. The zero-order valence-corrected chi connectivity index (χ0v) is 15.3. The van der Waals surface area contributed by atoms with Crippen molar-refractivity contribution in [1.29, 1.82) is 0 Å². The zero-order valence-electron chi connectivity index (χ0n) is 15.3. The molecule has 8 nitrogen and oxygen atoms in total. The van der Waals surface area contributed by atoms with Crippen LogP contribution >= 0.6 is 0 Å². The molecule has 1 aliphatic heterocycles. The fourth-order valence-electron chi connectivity index (χ4n) is 3.01. The van der Waals surface area contributed by atoms with Gasteiger partial charge in [0.25, 0.3) is 5.91 Å². The lowest BCUT2D eigenvalue weighted by atomic mass is 10.2. The maximum Gasteiger partial charge on any atom is 0.451 e. The topological polar surface area (TPSA) is 80.0 Å². The fourth-order valence-corrected chi connectivity index (χ4v) is 3.01. The molecule has 0 spiro atoms. The molecule has 0 unspecified atom stereocenters. The second-order valence-electron chi connectivity index (χ2n) is 6.18. The van der Waals surface area contributed by atoms with E-state index in [9.17, 15) is 18.0 Å². The average Bonchev–Trinajstić information content (AvgIpc) is 3.05. The molecule has 0 saturated heterocycles. The molecular formula is C16H20F3N7O. The lowest BCUT2D eigenvalue weighted by molar-refractivity contribution is -0.147. The maximum atomic E-state index is 12.9. The van der Waals surface area contributed by atoms with Crippen molar-refractivity contribution in [3.63, 3.8) is 0 Å². The van der Waals surface area contributed by atoms with Crippen molar-refractivity contribution in [1.82, 2.24) is 29.6 Å². The van der Waals surface area contributed by atoms with Crippen molar-refractivity contribution in [2.24, 2.45) is 0 Å². The number of aromatic nitrogens is 5. The molecule has 0 aliphatic carbocycles. The van der Waals surface area contributed by atoms with E-state index in [1.165, 1.54) is 4.90 Å². The summed E-state index contributed by atoms with van der Waals surface area (Å²) >= 11 is 0. The number of alkyl halides is 3. The third-order valence-electron chi connectivity index (χ3n) is 4.40. The predicted octanol–water partition coefficient (Wildman–Crippen LogP) is 1.90. The minimum atomic E-state index is -4.57. The summed E-state index contributed by atoms with van der Waals surface area (Å²) in [5.41, 5.74) is 0.864. The van der Waals surface area contributed by atoms with Crippen LogP contribution < -0.4 is 4.90 Å². The van der Waals surface area contributed by atoms with E-state index in [0.717, 1.165) is 4.57 Å². The summed E-state index contributed by atoms with van der Waals surface area (Å²) in [5, 5.41) is 6.82. The third-order valence-corrected chi connectivity index (χ3v) is 4.40. The van der Waals surface area contributed by atoms with Gasteiger partial charge in [-0.05, 0) is 26.8 Å². The smallest absolute Gasteiger partial charge is 0.341 e. The predicted molar refractivity (Wildman–Crippen MR) is 90.1 cm³/mol. The van der Waals surface area contributed by atoms with Gasteiger partial charge in [0, 0.05) is 31.9 Å². The number of rotatable bonds is 4. The molecule has 0 bridgehead atoms. The van der Waals surface area contributed by atoms with Crippen molar-refractivity contribution < 1.29 is 18.0 Å². The SMILES string of the molecule is CCN(CC)c1nc(C)cc(C(=O)N2CCn3c(nnc3C(F)(F)F)C2)n1. The highest BCUT2D eigenvalue weighted by atomic mass is 19.4. The van der Waals surface area contributed by atoms with Crippen molar-refractivity contribution in [3.05, 3.63) is 29.1 Å².